The first kappa shape index (κ1) is 23.0. The van der Waals surface area contributed by atoms with E-state index >= 15 is 0 Å². The topological polar surface area (TPSA) is 84.0 Å². The van der Waals surface area contributed by atoms with E-state index in [0.717, 1.165) is 16.7 Å². The van der Waals surface area contributed by atoms with E-state index < -0.39 is 16.0 Å². The van der Waals surface area contributed by atoms with E-state index in [9.17, 15) is 18.0 Å². The van der Waals surface area contributed by atoms with E-state index in [4.69, 9.17) is 4.74 Å². The van der Waals surface area contributed by atoms with Crippen molar-refractivity contribution in [3.05, 3.63) is 64.2 Å². The second-order valence-electron chi connectivity index (χ2n) is 7.88. The minimum atomic E-state index is -3.62. The average Bonchev–Trinajstić information content (AvgIpc) is 2.73. The Hall–Kier alpha value is -2.71. The highest BCUT2D eigenvalue weighted by atomic mass is 32.2. The first-order valence-electron chi connectivity index (χ1n) is 10.2. The van der Waals surface area contributed by atoms with Crippen LogP contribution in [0.3, 0.4) is 0 Å². The van der Waals surface area contributed by atoms with Gasteiger partial charge in [-0.25, -0.2) is 13.2 Å². The highest BCUT2D eigenvalue weighted by Gasteiger charge is 2.31. The summed E-state index contributed by atoms with van der Waals surface area (Å²) in [6, 6.07) is 10.6. The molecule has 1 aliphatic rings. The summed E-state index contributed by atoms with van der Waals surface area (Å²) >= 11 is 0. The van der Waals surface area contributed by atoms with Crippen LogP contribution in [0.2, 0.25) is 0 Å². The molecule has 8 heteroatoms. The van der Waals surface area contributed by atoms with E-state index in [2.05, 4.69) is 0 Å². The Balaban J connectivity index is 1.57. The average molecular weight is 445 g/mol. The molecule has 1 fully saturated rings. The molecule has 0 unspecified atom stereocenters. The molecule has 31 heavy (non-hydrogen) atoms. The molecule has 0 bridgehead atoms. The number of carbonyl (C=O) groups is 2. The molecule has 0 atom stereocenters. The third-order valence-electron chi connectivity index (χ3n) is 5.69. The highest BCUT2D eigenvalue weighted by Crippen LogP contribution is 2.22. The quantitative estimate of drug-likeness (QED) is 0.662. The number of ether oxygens (including phenoxy) is 1. The fourth-order valence-corrected chi connectivity index (χ4v) is 5.30. The monoisotopic (exact) mass is 444 g/mol. The fourth-order valence-electron chi connectivity index (χ4n) is 3.67. The number of hydrogen-bond acceptors (Lipinski definition) is 5. The third-order valence-corrected chi connectivity index (χ3v) is 7.75. The van der Waals surface area contributed by atoms with Gasteiger partial charge in [-0.3, -0.25) is 4.79 Å². The van der Waals surface area contributed by atoms with Crippen molar-refractivity contribution < 1.29 is 22.7 Å². The Bertz CT molecular complexity index is 1100. The minimum absolute atomic E-state index is 0.201. The van der Waals surface area contributed by atoms with Crippen molar-refractivity contribution in [2.24, 2.45) is 0 Å². The van der Waals surface area contributed by atoms with Crippen LogP contribution in [-0.2, 0) is 19.6 Å². The van der Waals surface area contributed by atoms with Crippen molar-refractivity contribution >= 4 is 21.9 Å². The lowest BCUT2D eigenvalue weighted by atomic mass is 10.0. The van der Waals surface area contributed by atoms with Gasteiger partial charge in [-0.1, -0.05) is 29.8 Å². The molecule has 0 radical (unpaired) electrons. The number of amides is 1. The third kappa shape index (κ3) is 4.97. The van der Waals surface area contributed by atoms with Crippen LogP contribution >= 0.6 is 0 Å². The van der Waals surface area contributed by atoms with E-state index in [1.807, 2.05) is 32.9 Å². The lowest BCUT2D eigenvalue weighted by molar-refractivity contribution is -0.135. The van der Waals surface area contributed by atoms with Crippen LogP contribution in [0.15, 0.2) is 41.3 Å². The number of piperazine rings is 1. The van der Waals surface area contributed by atoms with E-state index in [-0.39, 0.29) is 38.7 Å². The van der Waals surface area contributed by atoms with Crippen molar-refractivity contribution in [2.75, 3.05) is 32.8 Å². The molecule has 0 aromatic heterocycles. The maximum absolute atomic E-state index is 13.0. The molecule has 1 amide bonds. The Morgan fingerprint density at radius 1 is 0.935 bits per heavy atom. The van der Waals surface area contributed by atoms with E-state index in [0.29, 0.717) is 16.0 Å². The van der Waals surface area contributed by atoms with Gasteiger partial charge in [0.1, 0.15) is 0 Å². The predicted molar refractivity (Wildman–Crippen MR) is 117 cm³/mol. The van der Waals surface area contributed by atoms with Gasteiger partial charge < -0.3 is 9.64 Å². The van der Waals surface area contributed by atoms with Crippen LogP contribution < -0.4 is 0 Å². The second kappa shape index (κ2) is 9.20. The minimum Gasteiger partial charge on any atom is -0.452 e. The molecule has 166 valence electrons. The SMILES string of the molecule is Cc1ccc(S(=O)(=O)N2CCN(C(=O)COC(=O)c3cccc(C)c3C)CC2)c(C)c1. The van der Waals surface area contributed by atoms with Crippen molar-refractivity contribution in [3.8, 4) is 0 Å². The van der Waals surface area contributed by atoms with Crippen molar-refractivity contribution in [1.82, 2.24) is 9.21 Å². The molecule has 3 rings (SSSR count). The van der Waals surface area contributed by atoms with E-state index in [1.165, 1.54) is 9.21 Å². The van der Waals surface area contributed by atoms with Gasteiger partial charge in [-0.05, 0) is 56.5 Å². The molecular weight excluding hydrogens is 416 g/mol. The number of nitrogens with zero attached hydrogens (tertiary/aromatic N) is 2. The standard InChI is InChI=1S/C23H28N2O5S/c1-16-8-9-21(18(3)14-16)31(28,29)25-12-10-24(11-13-25)22(26)15-30-23(27)20-7-5-6-17(2)19(20)4/h5-9,14H,10-13,15H2,1-4H3. The van der Waals surface area contributed by atoms with Crippen LogP contribution in [0.4, 0.5) is 0 Å². The first-order chi connectivity index (χ1) is 14.6. The summed E-state index contributed by atoms with van der Waals surface area (Å²) in [6.07, 6.45) is 0. The number of carbonyl (C=O) groups excluding carboxylic acids is 2. The van der Waals surface area contributed by atoms with Crippen molar-refractivity contribution in [1.29, 1.82) is 0 Å². The molecule has 7 nitrogen and oxygen atoms in total. The van der Waals surface area contributed by atoms with Crippen molar-refractivity contribution in [2.45, 2.75) is 32.6 Å². The van der Waals surface area contributed by atoms with Gasteiger partial charge >= 0.3 is 5.97 Å². The second-order valence-corrected chi connectivity index (χ2v) is 9.78. The highest BCUT2D eigenvalue weighted by molar-refractivity contribution is 7.89. The van der Waals surface area contributed by atoms with Gasteiger partial charge in [0.2, 0.25) is 10.0 Å². The molecule has 0 N–H and O–H groups in total. The number of esters is 1. The fraction of sp³-hybridized carbons (Fsp3) is 0.391. The number of rotatable bonds is 5. The molecule has 2 aromatic rings. The summed E-state index contributed by atoms with van der Waals surface area (Å²) in [7, 11) is -3.62. The van der Waals surface area contributed by atoms with Crippen LogP contribution in [-0.4, -0.2) is 62.3 Å². The summed E-state index contributed by atoms with van der Waals surface area (Å²) in [4.78, 5) is 26.6. The summed E-state index contributed by atoms with van der Waals surface area (Å²) in [5, 5.41) is 0. The molecule has 1 heterocycles. The Morgan fingerprint density at radius 3 is 2.26 bits per heavy atom. The molecular formula is C23H28N2O5S. The summed E-state index contributed by atoms with van der Waals surface area (Å²) in [5.41, 5.74) is 3.95. The van der Waals surface area contributed by atoms with E-state index in [1.54, 1.807) is 31.2 Å². The Labute approximate surface area is 183 Å². The number of sulfonamides is 1. The van der Waals surface area contributed by atoms with Gasteiger partial charge in [-0.2, -0.15) is 4.31 Å². The normalized spacial score (nSPS) is 15.0. The summed E-state index contributed by atoms with van der Waals surface area (Å²) in [5.74, 6) is -0.868. The Morgan fingerprint density at radius 2 is 1.61 bits per heavy atom. The van der Waals surface area contributed by atoms with Crippen LogP contribution in [0, 0.1) is 27.7 Å². The van der Waals surface area contributed by atoms with Crippen LogP contribution in [0.1, 0.15) is 32.6 Å². The van der Waals surface area contributed by atoms with Gasteiger partial charge in [0.25, 0.3) is 5.91 Å². The molecule has 1 aliphatic heterocycles. The number of aryl methyl sites for hydroxylation is 3. The zero-order chi connectivity index (χ0) is 22.8. The van der Waals surface area contributed by atoms with Crippen molar-refractivity contribution in [3.63, 3.8) is 0 Å². The molecule has 0 aliphatic carbocycles. The maximum Gasteiger partial charge on any atom is 0.338 e. The summed E-state index contributed by atoms with van der Waals surface area (Å²) in [6.45, 7) is 7.99. The lowest BCUT2D eigenvalue weighted by Crippen LogP contribution is -2.51. The smallest absolute Gasteiger partial charge is 0.338 e. The van der Waals surface area contributed by atoms with Gasteiger partial charge in [0.05, 0.1) is 10.5 Å². The van der Waals surface area contributed by atoms with Crippen LogP contribution in [0.5, 0.6) is 0 Å². The number of benzene rings is 2. The largest absolute Gasteiger partial charge is 0.452 e. The lowest BCUT2D eigenvalue weighted by Gasteiger charge is -2.34. The molecule has 0 saturated carbocycles. The molecule has 1 saturated heterocycles. The predicted octanol–water partition coefficient (Wildman–Crippen LogP) is 2.61. The molecule has 2 aromatic carbocycles. The Kier molecular flexibility index (Phi) is 6.81. The molecule has 0 spiro atoms. The zero-order valence-electron chi connectivity index (χ0n) is 18.3. The van der Waals surface area contributed by atoms with Gasteiger partial charge in [0, 0.05) is 26.2 Å². The summed E-state index contributed by atoms with van der Waals surface area (Å²) < 4.78 is 32.6. The number of hydrogen-bond donors (Lipinski definition) is 0. The maximum atomic E-state index is 13.0. The van der Waals surface area contributed by atoms with Crippen LogP contribution in [0.25, 0.3) is 0 Å². The van der Waals surface area contributed by atoms with Gasteiger partial charge in [-0.15, -0.1) is 0 Å². The zero-order valence-corrected chi connectivity index (χ0v) is 19.2. The first-order valence-corrected chi connectivity index (χ1v) is 11.6. The van der Waals surface area contributed by atoms with Gasteiger partial charge in [0.15, 0.2) is 6.61 Å².